The van der Waals surface area contributed by atoms with E-state index >= 15 is 0 Å². The zero-order valence-corrected chi connectivity index (χ0v) is 11.2. The number of nitrogens with zero attached hydrogens (tertiary/aromatic N) is 2. The van der Waals surface area contributed by atoms with E-state index in [0.717, 1.165) is 58.0 Å². The Labute approximate surface area is 110 Å². The number of rotatable bonds is 3. The van der Waals surface area contributed by atoms with Crippen molar-refractivity contribution in [2.75, 3.05) is 45.8 Å². The minimum Gasteiger partial charge on any atom is -0.340 e. The molecule has 3 aliphatic rings. The second-order valence-corrected chi connectivity index (χ2v) is 6.11. The quantitative estimate of drug-likeness (QED) is 0.795. The summed E-state index contributed by atoms with van der Waals surface area (Å²) >= 11 is 0. The van der Waals surface area contributed by atoms with Gasteiger partial charge in [0.05, 0.1) is 5.92 Å². The van der Waals surface area contributed by atoms with Gasteiger partial charge in [0, 0.05) is 39.3 Å². The molecule has 1 atom stereocenters. The molecule has 1 N–H and O–H groups in total. The fourth-order valence-electron chi connectivity index (χ4n) is 3.14. The molecule has 102 valence electrons. The van der Waals surface area contributed by atoms with E-state index in [1.54, 1.807) is 0 Å². The van der Waals surface area contributed by atoms with E-state index < -0.39 is 0 Å². The summed E-state index contributed by atoms with van der Waals surface area (Å²) in [6, 6.07) is 0. The van der Waals surface area contributed by atoms with Crippen molar-refractivity contribution in [3.05, 3.63) is 0 Å². The first kappa shape index (κ1) is 12.4. The molecule has 3 fully saturated rings. The highest BCUT2D eigenvalue weighted by Gasteiger charge is 2.30. The van der Waals surface area contributed by atoms with Gasteiger partial charge in [0.2, 0.25) is 5.91 Å². The molecular formula is C14H25N3O. The van der Waals surface area contributed by atoms with E-state index in [0.29, 0.717) is 5.91 Å². The summed E-state index contributed by atoms with van der Waals surface area (Å²) in [4.78, 5) is 17.0. The van der Waals surface area contributed by atoms with Crippen LogP contribution in [0.15, 0.2) is 0 Å². The van der Waals surface area contributed by atoms with Crippen molar-refractivity contribution < 1.29 is 4.79 Å². The Bertz CT molecular complexity index is 289. The van der Waals surface area contributed by atoms with Gasteiger partial charge in [-0.2, -0.15) is 0 Å². The number of nitrogens with one attached hydrogen (secondary N) is 1. The lowest BCUT2D eigenvalue weighted by molar-refractivity contribution is -0.137. The number of carbonyl (C=O) groups excluding carboxylic acids is 1. The van der Waals surface area contributed by atoms with Gasteiger partial charge in [-0.05, 0) is 38.1 Å². The first-order valence-corrected chi connectivity index (χ1v) is 7.55. The Morgan fingerprint density at radius 2 is 1.89 bits per heavy atom. The Morgan fingerprint density at radius 3 is 2.50 bits per heavy atom. The third-order valence-corrected chi connectivity index (χ3v) is 4.54. The minimum atomic E-state index is 0.244. The highest BCUT2D eigenvalue weighted by Crippen LogP contribution is 2.30. The average Bonchev–Trinajstić information content (AvgIpc) is 3.24. The van der Waals surface area contributed by atoms with Gasteiger partial charge in [0.1, 0.15) is 0 Å². The van der Waals surface area contributed by atoms with Crippen LogP contribution in [0.25, 0.3) is 0 Å². The summed E-state index contributed by atoms with van der Waals surface area (Å²) in [7, 11) is 0. The molecule has 4 nitrogen and oxygen atoms in total. The number of hydrogen-bond donors (Lipinski definition) is 1. The summed E-state index contributed by atoms with van der Waals surface area (Å²) in [5.74, 6) is 1.61. The third kappa shape index (κ3) is 3.04. The van der Waals surface area contributed by atoms with Gasteiger partial charge in [-0.15, -0.1) is 0 Å². The first-order chi connectivity index (χ1) is 8.83. The molecule has 1 aliphatic carbocycles. The van der Waals surface area contributed by atoms with Gasteiger partial charge >= 0.3 is 0 Å². The Kier molecular flexibility index (Phi) is 3.85. The van der Waals surface area contributed by atoms with Gasteiger partial charge in [0.15, 0.2) is 0 Å². The van der Waals surface area contributed by atoms with Crippen LogP contribution in [0.4, 0.5) is 0 Å². The number of carbonyl (C=O) groups is 1. The Morgan fingerprint density at radius 1 is 1.11 bits per heavy atom. The number of amides is 1. The number of piperazine rings is 1. The smallest absolute Gasteiger partial charge is 0.227 e. The molecule has 0 aromatic carbocycles. The van der Waals surface area contributed by atoms with E-state index in [9.17, 15) is 4.79 Å². The lowest BCUT2D eigenvalue weighted by Crippen LogP contribution is -2.52. The predicted octanol–water partition coefficient (Wildman–Crippen LogP) is 0.540. The van der Waals surface area contributed by atoms with E-state index in [-0.39, 0.29) is 5.92 Å². The number of piperidine rings is 1. The average molecular weight is 251 g/mol. The molecule has 0 bridgehead atoms. The van der Waals surface area contributed by atoms with Crippen molar-refractivity contribution in [2.24, 2.45) is 11.8 Å². The lowest BCUT2D eigenvalue weighted by Gasteiger charge is -2.37. The fourth-order valence-corrected chi connectivity index (χ4v) is 3.14. The molecule has 0 aromatic rings. The van der Waals surface area contributed by atoms with Crippen LogP contribution in [0, 0.1) is 11.8 Å². The normalized spacial score (nSPS) is 30.4. The van der Waals surface area contributed by atoms with Crippen molar-refractivity contribution >= 4 is 5.91 Å². The number of hydrogen-bond acceptors (Lipinski definition) is 3. The Balaban J connectivity index is 1.44. The van der Waals surface area contributed by atoms with Crippen molar-refractivity contribution in [1.29, 1.82) is 0 Å². The van der Waals surface area contributed by atoms with Crippen LogP contribution >= 0.6 is 0 Å². The fraction of sp³-hybridized carbons (Fsp3) is 0.929. The van der Waals surface area contributed by atoms with Crippen LogP contribution in [0.1, 0.15) is 25.7 Å². The molecule has 0 radical (unpaired) electrons. The zero-order valence-electron chi connectivity index (χ0n) is 11.2. The van der Waals surface area contributed by atoms with Gasteiger partial charge in [-0.3, -0.25) is 9.69 Å². The summed E-state index contributed by atoms with van der Waals surface area (Å²) in [5.41, 5.74) is 0. The standard InChI is InChI=1S/C14H25N3O/c18-14(13-2-1-5-15-10-13)17-8-6-16(7-9-17)11-12-3-4-12/h12-13,15H,1-11H2. The summed E-state index contributed by atoms with van der Waals surface area (Å²) in [6.07, 6.45) is 5.08. The van der Waals surface area contributed by atoms with Gasteiger partial charge in [-0.25, -0.2) is 0 Å². The van der Waals surface area contributed by atoms with Crippen LogP contribution < -0.4 is 5.32 Å². The van der Waals surface area contributed by atoms with Crippen molar-refractivity contribution in [2.45, 2.75) is 25.7 Å². The second kappa shape index (κ2) is 5.57. The molecule has 1 saturated carbocycles. The summed E-state index contributed by atoms with van der Waals surface area (Å²) in [6.45, 7) is 7.31. The molecule has 2 saturated heterocycles. The molecule has 2 heterocycles. The maximum absolute atomic E-state index is 12.4. The molecular weight excluding hydrogens is 226 g/mol. The van der Waals surface area contributed by atoms with E-state index in [4.69, 9.17) is 0 Å². The molecule has 18 heavy (non-hydrogen) atoms. The molecule has 3 rings (SSSR count). The molecule has 2 aliphatic heterocycles. The Hall–Kier alpha value is -0.610. The maximum atomic E-state index is 12.4. The third-order valence-electron chi connectivity index (χ3n) is 4.54. The maximum Gasteiger partial charge on any atom is 0.227 e. The van der Waals surface area contributed by atoms with E-state index in [2.05, 4.69) is 15.1 Å². The van der Waals surface area contributed by atoms with Crippen LogP contribution in [0.2, 0.25) is 0 Å². The van der Waals surface area contributed by atoms with E-state index in [1.807, 2.05) is 0 Å². The van der Waals surface area contributed by atoms with Crippen molar-refractivity contribution in [1.82, 2.24) is 15.1 Å². The molecule has 1 amide bonds. The highest BCUT2D eigenvalue weighted by atomic mass is 16.2. The van der Waals surface area contributed by atoms with Crippen LogP contribution in [-0.4, -0.2) is 61.5 Å². The van der Waals surface area contributed by atoms with Gasteiger partial charge in [0.25, 0.3) is 0 Å². The SMILES string of the molecule is O=C(C1CCCNC1)N1CCN(CC2CC2)CC1. The monoisotopic (exact) mass is 251 g/mol. The summed E-state index contributed by atoms with van der Waals surface area (Å²) < 4.78 is 0. The van der Waals surface area contributed by atoms with Crippen molar-refractivity contribution in [3.8, 4) is 0 Å². The molecule has 1 unspecified atom stereocenters. The van der Waals surface area contributed by atoms with Crippen molar-refractivity contribution in [3.63, 3.8) is 0 Å². The van der Waals surface area contributed by atoms with Gasteiger partial charge < -0.3 is 10.2 Å². The lowest BCUT2D eigenvalue weighted by atomic mass is 9.98. The highest BCUT2D eigenvalue weighted by molar-refractivity contribution is 5.79. The zero-order chi connectivity index (χ0) is 12.4. The molecule has 4 heteroatoms. The van der Waals surface area contributed by atoms with E-state index in [1.165, 1.54) is 19.4 Å². The van der Waals surface area contributed by atoms with Crippen LogP contribution in [0.3, 0.4) is 0 Å². The van der Waals surface area contributed by atoms with Gasteiger partial charge in [-0.1, -0.05) is 0 Å². The predicted molar refractivity (Wildman–Crippen MR) is 71.3 cm³/mol. The minimum absolute atomic E-state index is 0.244. The molecule has 0 aromatic heterocycles. The molecule has 0 spiro atoms. The first-order valence-electron chi connectivity index (χ1n) is 7.55. The summed E-state index contributed by atoms with van der Waals surface area (Å²) in [5, 5.41) is 3.34. The topological polar surface area (TPSA) is 35.6 Å². The largest absolute Gasteiger partial charge is 0.340 e. The van der Waals surface area contributed by atoms with Crippen LogP contribution in [0.5, 0.6) is 0 Å². The second-order valence-electron chi connectivity index (χ2n) is 6.11. The van der Waals surface area contributed by atoms with Crippen LogP contribution in [-0.2, 0) is 4.79 Å².